The molecule has 0 radical (unpaired) electrons. The number of hydrogen-bond acceptors (Lipinski definition) is 6. The number of nitrogens with zero attached hydrogens (tertiary/aromatic N) is 2. The molecule has 3 amide bonds. The number of likely N-dealkylation sites (tertiary alicyclic amines) is 1. The number of hydrogen-bond donors (Lipinski definition) is 3. The number of aliphatic hydroxyl groups excluding tert-OH is 1. The van der Waals surface area contributed by atoms with E-state index in [9.17, 15) is 19.5 Å². The van der Waals surface area contributed by atoms with Crippen molar-refractivity contribution in [3.63, 3.8) is 0 Å². The lowest BCUT2D eigenvalue weighted by molar-refractivity contribution is -0.166. The van der Waals surface area contributed by atoms with Crippen LogP contribution in [0.5, 0.6) is 5.75 Å². The lowest BCUT2D eigenvalue weighted by atomic mass is 9.78. The monoisotopic (exact) mass is 528 g/mol. The van der Waals surface area contributed by atoms with E-state index in [1.807, 2.05) is 4.90 Å². The number of carbonyl (C=O) groups excluding carboxylic acids is 3. The number of unbranched alkanes of at least 4 members (excludes halogenated alkanes) is 1. The molecule has 1 spiro atoms. The van der Waals surface area contributed by atoms with Crippen molar-refractivity contribution in [3.8, 4) is 5.75 Å². The minimum atomic E-state index is -0.845. The van der Waals surface area contributed by atoms with Gasteiger partial charge in [-0.1, -0.05) is 32.6 Å². The Balaban J connectivity index is 1.34. The summed E-state index contributed by atoms with van der Waals surface area (Å²) in [5.74, 6) is 0.415. The second-order valence-corrected chi connectivity index (χ2v) is 11.0. The molecule has 0 bridgehead atoms. The first-order valence-corrected chi connectivity index (χ1v) is 14.4. The predicted molar refractivity (Wildman–Crippen MR) is 145 cm³/mol. The Morgan fingerprint density at radius 2 is 1.82 bits per heavy atom. The summed E-state index contributed by atoms with van der Waals surface area (Å²) in [6.07, 6.45) is 7.23. The van der Waals surface area contributed by atoms with Crippen LogP contribution in [0.1, 0.15) is 75.1 Å². The molecule has 210 valence electrons. The van der Waals surface area contributed by atoms with Crippen molar-refractivity contribution in [3.05, 3.63) is 29.8 Å². The van der Waals surface area contributed by atoms with Crippen molar-refractivity contribution in [1.82, 2.24) is 20.4 Å². The van der Waals surface area contributed by atoms with Crippen molar-refractivity contribution in [1.29, 1.82) is 0 Å². The standard InChI is InChI=1S/C29H44N4O5/c1-3-4-16-33-27(36)24(25(34)21-8-6-5-7-9-21)31-28(37)29(33)14-17-32(18-15-29)19-20-38-23-12-10-22(11-13-23)26(35)30-2/h10-13,21,24-25,34H,3-9,14-20H2,1-2H3,(H,30,35)(H,31,37)/t24-,25?/m1/s1. The highest BCUT2D eigenvalue weighted by molar-refractivity contribution is 6.00. The minimum Gasteiger partial charge on any atom is -0.492 e. The molecule has 1 unspecified atom stereocenters. The minimum absolute atomic E-state index is 0.0712. The zero-order valence-corrected chi connectivity index (χ0v) is 22.9. The van der Waals surface area contributed by atoms with Crippen molar-refractivity contribution in [2.24, 2.45) is 5.92 Å². The molecule has 1 aliphatic carbocycles. The molecule has 2 aliphatic heterocycles. The van der Waals surface area contributed by atoms with Gasteiger partial charge in [0.05, 0.1) is 6.10 Å². The summed E-state index contributed by atoms with van der Waals surface area (Å²) >= 11 is 0. The molecule has 3 fully saturated rings. The topological polar surface area (TPSA) is 111 Å². The summed E-state index contributed by atoms with van der Waals surface area (Å²) in [7, 11) is 1.60. The molecular formula is C29H44N4O5. The third kappa shape index (κ3) is 6.15. The summed E-state index contributed by atoms with van der Waals surface area (Å²) in [5, 5.41) is 16.7. The van der Waals surface area contributed by atoms with Gasteiger partial charge < -0.3 is 25.4 Å². The number of amides is 3. The number of piperidine rings is 1. The van der Waals surface area contributed by atoms with E-state index in [4.69, 9.17) is 4.74 Å². The van der Waals surface area contributed by atoms with E-state index in [1.54, 1.807) is 31.3 Å². The van der Waals surface area contributed by atoms with Crippen LogP contribution in [-0.4, -0.2) is 90.1 Å². The van der Waals surface area contributed by atoms with E-state index in [-0.39, 0.29) is 23.6 Å². The zero-order chi connectivity index (χ0) is 27.1. The normalized spacial score (nSPS) is 23.2. The number of carbonyl (C=O) groups is 3. The van der Waals surface area contributed by atoms with E-state index >= 15 is 0 Å². The Morgan fingerprint density at radius 1 is 1.13 bits per heavy atom. The molecule has 1 aromatic carbocycles. The quantitative estimate of drug-likeness (QED) is 0.430. The van der Waals surface area contributed by atoms with Gasteiger partial charge >= 0.3 is 0 Å². The molecule has 0 aromatic heterocycles. The molecule has 2 atom stereocenters. The van der Waals surface area contributed by atoms with Gasteiger partial charge in [0.1, 0.15) is 23.9 Å². The number of rotatable bonds is 10. The Hall–Kier alpha value is -2.65. The summed E-state index contributed by atoms with van der Waals surface area (Å²) < 4.78 is 5.88. The Labute approximate surface area is 226 Å². The SMILES string of the molecule is CCCCN1C(=O)[C@@H](C(O)C2CCCCC2)NC(=O)C12CCN(CCOc1ccc(C(=O)NC)cc1)CC2. The third-order valence-electron chi connectivity index (χ3n) is 8.67. The highest BCUT2D eigenvalue weighted by Crippen LogP contribution is 2.36. The molecule has 3 N–H and O–H groups in total. The van der Waals surface area contributed by atoms with Crippen molar-refractivity contribution >= 4 is 17.7 Å². The summed E-state index contributed by atoms with van der Waals surface area (Å²) in [5.41, 5.74) is -0.259. The fraction of sp³-hybridized carbons (Fsp3) is 0.690. The average molecular weight is 529 g/mol. The van der Waals surface area contributed by atoms with Crippen LogP contribution in [-0.2, 0) is 9.59 Å². The van der Waals surface area contributed by atoms with E-state index in [2.05, 4.69) is 22.5 Å². The van der Waals surface area contributed by atoms with Crippen molar-refractivity contribution in [2.75, 3.05) is 39.8 Å². The predicted octanol–water partition coefficient (Wildman–Crippen LogP) is 2.33. The number of ether oxygens (including phenoxy) is 1. The third-order valence-corrected chi connectivity index (χ3v) is 8.67. The molecule has 1 saturated carbocycles. The maximum atomic E-state index is 13.7. The van der Waals surface area contributed by atoms with E-state index in [1.165, 1.54) is 6.42 Å². The maximum Gasteiger partial charge on any atom is 0.251 e. The first-order chi connectivity index (χ1) is 18.4. The molecular weight excluding hydrogens is 484 g/mol. The van der Waals surface area contributed by atoms with Gasteiger partial charge in [-0.25, -0.2) is 0 Å². The highest BCUT2D eigenvalue weighted by Gasteiger charge is 2.55. The number of aliphatic hydroxyl groups is 1. The van der Waals surface area contributed by atoms with Gasteiger partial charge in [0.15, 0.2) is 0 Å². The Kier molecular flexibility index (Phi) is 9.65. The maximum absolute atomic E-state index is 13.7. The van der Waals surface area contributed by atoms with Crippen LogP contribution in [0.15, 0.2) is 24.3 Å². The van der Waals surface area contributed by atoms with Gasteiger partial charge in [-0.2, -0.15) is 0 Å². The average Bonchev–Trinajstić information content (AvgIpc) is 2.96. The number of nitrogens with one attached hydrogen (secondary N) is 2. The van der Waals surface area contributed by atoms with Gasteiger partial charge in [-0.3, -0.25) is 19.3 Å². The first-order valence-electron chi connectivity index (χ1n) is 14.4. The van der Waals surface area contributed by atoms with Crippen LogP contribution in [0.3, 0.4) is 0 Å². The number of piperazine rings is 1. The molecule has 1 aromatic rings. The molecule has 38 heavy (non-hydrogen) atoms. The van der Waals surface area contributed by atoms with Gasteiger partial charge in [0.2, 0.25) is 11.8 Å². The fourth-order valence-corrected chi connectivity index (χ4v) is 6.24. The Bertz CT molecular complexity index is 954. The lowest BCUT2D eigenvalue weighted by Crippen LogP contribution is -2.75. The van der Waals surface area contributed by atoms with E-state index in [0.717, 1.165) is 38.5 Å². The molecule has 2 saturated heterocycles. The molecule has 3 aliphatic rings. The second kappa shape index (κ2) is 12.9. The van der Waals surface area contributed by atoms with Crippen LogP contribution < -0.4 is 15.4 Å². The van der Waals surface area contributed by atoms with Gasteiger partial charge in [-0.15, -0.1) is 0 Å². The number of benzene rings is 1. The summed E-state index contributed by atoms with van der Waals surface area (Å²) in [6.45, 7) is 5.22. The van der Waals surface area contributed by atoms with Crippen LogP contribution in [0, 0.1) is 5.92 Å². The van der Waals surface area contributed by atoms with Gasteiger partial charge in [0.25, 0.3) is 5.91 Å². The highest BCUT2D eigenvalue weighted by atomic mass is 16.5. The van der Waals surface area contributed by atoms with Gasteiger partial charge in [0, 0.05) is 38.8 Å². The fourth-order valence-electron chi connectivity index (χ4n) is 6.24. The molecule has 4 rings (SSSR count). The van der Waals surface area contributed by atoms with Crippen LogP contribution in [0.25, 0.3) is 0 Å². The van der Waals surface area contributed by atoms with Crippen LogP contribution in [0.4, 0.5) is 0 Å². The van der Waals surface area contributed by atoms with Crippen molar-refractivity contribution in [2.45, 2.75) is 82.4 Å². The molecule has 9 nitrogen and oxygen atoms in total. The smallest absolute Gasteiger partial charge is 0.251 e. The summed E-state index contributed by atoms with van der Waals surface area (Å²) in [4.78, 5) is 43.1. The second-order valence-electron chi connectivity index (χ2n) is 11.0. The molecule has 9 heteroatoms. The van der Waals surface area contributed by atoms with Gasteiger partial charge in [-0.05, 0) is 62.3 Å². The zero-order valence-electron chi connectivity index (χ0n) is 22.9. The van der Waals surface area contributed by atoms with Crippen LogP contribution >= 0.6 is 0 Å². The lowest BCUT2D eigenvalue weighted by Gasteiger charge is -2.52. The van der Waals surface area contributed by atoms with E-state index in [0.29, 0.717) is 56.9 Å². The first kappa shape index (κ1) is 28.4. The van der Waals surface area contributed by atoms with E-state index < -0.39 is 17.7 Å². The van der Waals surface area contributed by atoms with Crippen LogP contribution in [0.2, 0.25) is 0 Å². The summed E-state index contributed by atoms with van der Waals surface area (Å²) in [6, 6.07) is 6.21. The molecule has 2 heterocycles. The Morgan fingerprint density at radius 3 is 2.45 bits per heavy atom. The largest absolute Gasteiger partial charge is 0.492 e. The van der Waals surface area contributed by atoms with Crippen molar-refractivity contribution < 1.29 is 24.2 Å².